The number of benzene rings is 1. The van der Waals surface area contributed by atoms with Gasteiger partial charge >= 0.3 is 30.2 Å². The summed E-state index contributed by atoms with van der Waals surface area (Å²) in [4.78, 5) is 8.85. The minimum Gasteiger partial charge on any atom is -0.494 e. The summed E-state index contributed by atoms with van der Waals surface area (Å²) in [5, 5.41) is 0. The summed E-state index contributed by atoms with van der Waals surface area (Å²) in [6.45, 7) is 0.173. The number of aromatic nitrogens is 2. The monoisotopic (exact) mass is 682 g/mol. The molecule has 2 aromatic rings. The molecule has 0 amide bonds. The lowest BCUT2D eigenvalue weighted by Crippen LogP contribution is -2.63. The number of hydrogen-bond acceptors (Lipinski definition) is 5. The number of aryl methyl sites for hydroxylation is 1. The van der Waals surface area contributed by atoms with Crippen LogP contribution in [0.4, 0.5) is 48.3 Å². The maximum Gasteiger partial charge on any atom is 0.460 e. The molecule has 46 heavy (non-hydrogen) atoms. The fraction of sp³-hybridized carbons (Fsp3) is 0.667. The second-order valence-electron chi connectivity index (χ2n) is 10.7. The molecule has 16 heteroatoms. The van der Waals surface area contributed by atoms with Gasteiger partial charge in [-0.1, -0.05) is 51.9 Å². The largest absolute Gasteiger partial charge is 0.494 e. The van der Waals surface area contributed by atoms with Crippen molar-refractivity contribution in [3.8, 4) is 17.1 Å². The predicted octanol–water partition coefficient (Wildman–Crippen LogP) is 10.0. The molecule has 5 nitrogen and oxygen atoms in total. The molecule has 0 aliphatic heterocycles. The molecular formula is C30H37F11N2O3. The molecule has 0 atom stereocenters. The van der Waals surface area contributed by atoms with Crippen LogP contribution in [0.25, 0.3) is 11.4 Å². The molecule has 0 unspecified atom stereocenters. The Hall–Kier alpha value is -2.75. The average Bonchev–Trinajstić information content (AvgIpc) is 2.97. The Balaban J connectivity index is 1.53. The summed E-state index contributed by atoms with van der Waals surface area (Å²) in [5.74, 6) is -13.3. The molecular weight excluding hydrogens is 645 g/mol. The molecule has 262 valence electrons. The lowest BCUT2D eigenvalue weighted by molar-refractivity contribution is -0.484. The normalized spacial score (nSPS) is 13.3. The van der Waals surface area contributed by atoms with Crippen molar-refractivity contribution in [2.24, 2.45) is 0 Å². The van der Waals surface area contributed by atoms with E-state index in [1.165, 1.54) is 0 Å². The summed E-state index contributed by atoms with van der Waals surface area (Å²) in [6.07, 6.45) is -6.74. The highest BCUT2D eigenvalue weighted by Gasteiger charge is 2.83. The Bertz CT molecular complexity index is 1150. The maximum atomic E-state index is 13.5. The Labute approximate surface area is 259 Å². The first-order valence-corrected chi connectivity index (χ1v) is 14.8. The van der Waals surface area contributed by atoms with Crippen LogP contribution in [0.5, 0.6) is 5.75 Å². The van der Waals surface area contributed by atoms with Gasteiger partial charge in [-0.2, -0.15) is 48.3 Å². The maximum absolute atomic E-state index is 13.5. The smallest absolute Gasteiger partial charge is 0.460 e. The van der Waals surface area contributed by atoms with Crippen LogP contribution >= 0.6 is 0 Å². The molecule has 0 saturated carbocycles. The van der Waals surface area contributed by atoms with Gasteiger partial charge in [0.1, 0.15) is 12.4 Å². The van der Waals surface area contributed by atoms with E-state index in [0.717, 1.165) is 68.2 Å². The standard InChI is InChI=1S/C30H37F11N2O3/c1-2-3-12-22-19-42-25(43-20-22)23-13-15-24(16-14-23)45-18-11-9-7-5-4-6-8-10-17-44-21-26(31,32)46-30(40,41)28(35,36)27(33,34)29(37,38)39/h13-16,19-20H,2-12,17-18,21H2,1H3. The number of halogens is 11. The van der Waals surface area contributed by atoms with Crippen LogP contribution in [0, 0.1) is 0 Å². The van der Waals surface area contributed by atoms with Gasteiger partial charge in [-0.15, -0.1) is 0 Å². The zero-order chi connectivity index (χ0) is 34.5. The first-order valence-electron chi connectivity index (χ1n) is 14.8. The summed E-state index contributed by atoms with van der Waals surface area (Å²) in [5.41, 5.74) is 1.99. The molecule has 0 aliphatic carbocycles. The average molecular weight is 683 g/mol. The van der Waals surface area contributed by atoms with E-state index >= 15 is 0 Å². The lowest BCUT2D eigenvalue weighted by atomic mass is 10.1. The SMILES string of the molecule is CCCCc1cnc(-c2ccc(OCCCCCCCCCCOCC(F)(F)OC(F)(F)C(F)(F)C(F)(F)C(F)(F)F)cc2)nc1. The molecule has 0 bridgehead atoms. The fourth-order valence-corrected chi connectivity index (χ4v) is 4.10. The first-order chi connectivity index (χ1) is 21.4. The molecule has 0 fully saturated rings. The lowest BCUT2D eigenvalue weighted by Gasteiger charge is -2.34. The van der Waals surface area contributed by atoms with Crippen LogP contribution < -0.4 is 4.74 Å². The first kappa shape index (κ1) is 39.4. The van der Waals surface area contributed by atoms with Crippen molar-refractivity contribution in [3.63, 3.8) is 0 Å². The van der Waals surface area contributed by atoms with Crippen molar-refractivity contribution >= 4 is 0 Å². The topological polar surface area (TPSA) is 53.5 Å². The van der Waals surface area contributed by atoms with Crippen LogP contribution in [0.15, 0.2) is 36.7 Å². The van der Waals surface area contributed by atoms with Gasteiger partial charge in [-0.25, -0.2) is 14.7 Å². The van der Waals surface area contributed by atoms with Crippen LogP contribution in [0.2, 0.25) is 0 Å². The van der Waals surface area contributed by atoms with Crippen LogP contribution in [-0.2, 0) is 15.9 Å². The van der Waals surface area contributed by atoms with Crippen molar-refractivity contribution in [3.05, 3.63) is 42.2 Å². The predicted molar refractivity (Wildman–Crippen MR) is 146 cm³/mol. The Morgan fingerprint density at radius 2 is 1.15 bits per heavy atom. The van der Waals surface area contributed by atoms with E-state index in [4.69, 9.17) is 4.74 Å². The van der Waals surface area contributed by atoms with Crippen LogP contribution in [0.1, 0.15) is 76.7 Å². The van der Waals surface area contributed by atoms with Gasteiger partial charge in [0.25, 0.3) is 0 Å². The summed E-state index contributed by atoms with van der Waals surface area (Å²) >= 11 is 0. The molecule has 0 radical (unpaired) electrons. The molecule has 0 aliphatic rings. The summed E-state index contributed by atoms with van der Waals surface area (Å²) < 4.78 is 154. The number of hydrogen-bond donors (Lipinski definition) is 0. The number of rotatable bonds is 22. The van der Waals surface area contributed by atoms with E-state index < -0.39 is 43.5 Å². The van der Waals surface area contributed by atoms with Crippen molar-refractivity contribution in [2.75, 3.05) is 19.8 Å². The van der Waals surface area contributed by atoms with Crippen molar-refractivity contribution in [2.45, 2.75) is 108 Å². The minimum atomic E-state index is -7.33. The van der Waals surface area contributed by atoms with Gasteiger partial charge in [-0.05, 0) is 55.5 Å². The van der Waals surface area contributed by atoms with Crippen LogP contribution in [-0.4, -0.2) is 60.0 Å². The Morgan fingerprint density at radius 1 is 0.630 bits per heavy atom. The molecule has 0 spiro atoms. The van der Waals surface area contributed by atoms with Gasteiger partial charge in [0.2, 0.25) is 0 Å². The van der Waals surface area contributed by atoms with Gasteiger partial charge in [0, 0.05) is 24.6 Å². The quantitative estimate of drug-likeness (QED) is 0.0914. The number of ether oxygens (including phenoxy) is 3. The van der Waals surface area contributed by atoms with Crippen molar-refractivity contribution < 1.29 is 62.5 Å². The molecule has 1 aromatic heterocycles. The minimum absolute atomic E-state index is 0.178. The van der Waals surface area contributed by atoms with E-state index in [-0.39, 0.29) is 6.42 Å². The molecule has 2 rings (SSSR count). The highest BCUT2D eigenvalue weighted by molar-refractivity contribution is 5.55. The highest BCUT2D eigenvalue weighted by atomic mass is 19.4. The zero-order valence-electron chi connectivity index (χ0n) is 25.1. The van der Waals surface area contributed by atoms with Crippen molar-refractivity contribution in [1.29, 1.82) is 0 Å². The highest BCUT2D eigenvalue weighted by Crippen LogP contribution is 2.54. The van der Waals surface area contributed by atoms with Gasteiger partial charge in [-0.3, -0.25) is 0 Å². The van der Waals surface area contributed by atoms with Gasteiger partial charge in [0.05, 0.1) is 6.61 Å². The number of unbranched alkanes of at least 4 members (excludes halogenated alkanes) is 8. The van der Waals surface area contributed by atoms with E-state index in [1.54, 1.807) is 0 Å². The van der Waals surface area contributed by atoms with Crippen LogP contribution in [0.3, 0.4) is 0 Å². The molecule has 1 aromatic carbocycles. The summed E-state index contributed by atoms with van der Waals surface area (Å²) in [7, 11) is 0. The second-order valence-corrected chi connectivity index (χ2v) is 10.7. The Kier molecular flexibility index (Phi) is 14.9. The van der Waals surface area contributed by atoms with Gasteiger partial charge < -0.3 is 9.47 Å². The molecule has 0 N–H and O–H groups in total. The van der Waals surface area contributed by atoms with E-state index in [9.17, 15) is 48.3 Å². The molecule has 1 heterocycles. The second kappa shape index (κ2) is 17.4. The zero-order valence-corrected chi connectivity index (χ0v) is 25.1. The molecule has 0 saturated heterocycles. The number of nitrogens with zero attached hydrogens (tertiary/aromatic N) is 2. The van der Waals surface area contributed by atoms with Crippen molar-refractivity contribution in [1.82, 2.24) is 9.97 Å². The van der Waals surface area contributed by atoms with Gasteiger partial charge in [0.15, 0.2) is 5.82 Å². The third kappa shape index (κ3) is 11.8. The van der Waals surface area contributed by atoms with E-state index in [1.807, 2.05) is 36.7 Å². The fourth-order valence-electron chi connectivity index (χ4n) is 4.10. The van der Waals surface area contributed by atoms with E-state index in [0.29, 0.717) is 25.3 Å². The Morgan fingerprint density at radius 3 is 1.67 bits per heavy atom. The summed E-state index contributed by atoms with van der Waals surface area (Å²) in [6, 6.07) is 7.50. The third-order valence-corrected chi connectivity index (χ3v) is 6.75. The van der Waals surface area contributed by atoms with E-state index in [2.05, 4.69) is 26.4 Å². The number of alkyl halides is 11. The third-order valence-electron chi connectivity index (χ3n) is 6.75.